The average Bonchev–Trinajstić information content (AvgIpc) is 3.73. The highest BCUT2D eigenvalue weighted by molar-refractivity contribution is 7.10. The minimum absolute atomic E-state index is 0.0518. The SMILES string of the molecule is CO[C@@]1(C(=O)Nc2ccc3[nH]nc(-c4ccnc(Cl)c4)c3c2)CCN(CC(=O)N2CC=C(c3nccs3)CC2)C1. The number of rotatable bonds is 7. The maximum Gasteiger partial charge on any atom is 0.258 e. The Morgan fingerprint density at radius 1 is 1.20 bits per heavy atom. The first-order chi connectivity index (χ1) is 19.4. The molecule has 1 atom stereocenters. The Morgan fingerprint density at radius 3 is 2.85 bits per heavy atom. The molecule has 2 aliphatic rings. The largest absolute Gasteiger partial charge is 0.367 e. The number of thiazole rings is 1. The first-order valence-electron chi connectivity index (χ1n) is 13.0. The van der Waals surface area contributed by atoms with Crippen LogP contribution in [0.25, 0.3) is 27.7 Å². The summed E-state index contributed by atoms with van der Waals surface area (Å²) in [5.74, 6) is -0.189. The third-order valence-corrected chi connectivity index (χ3v) is 8.62. The molecule has 1 fully saturated rings. The minimum atomic E-state index is -1.05. The number of nitrogens with zero attached hydrogens (tertiary/aromatic N) is 5. The summed E-state index contributed by atoms with van der Waals surface area (Å²) in [7, 11) is 1.55. The molecule has 5 heterocycles. The Hall–Kier alpha value is -3.64. The van der Waals surface area contributed by atoms with Gasteiger partial charge in [0.15, 0.2) is 5.60 Å². The van der Waals surface area contributed by atoms with Crippen LogP contribution in [0.15, 0.2) is 54.2 Å². The normalized spacial score (nSPS) is 19.6. The molecule has 1 aromatic carbocycles. The molecule has 12 heteroatoms. The van der Waals surface area contributed by atoms with E-state index in [1.807, 2.05) is 39.4 Å². The van der Waals surface area contributed by atoms with Crippen molar-refractivity contribution in [1.29, 1.82) is 0 Å². The van der Waals surface area contributed by atoms with Gasteiger partial charge in [-0.1, -0.05) is 17.7 Å². The van der Waals surface area contributed by atoms with Gasteiger partial charge >= 0.3 is 0 Å². The van der Waals surface area contributed by atoms with Crippen LogP contribution in [-0.4, -0.2) is 87.2 Å². The summed E-state index contributed by atoms with van der Waals surface area (Å²) in [4.78, 5) is 38.8. The fraction of sp³-hybridized carbons (Fsp3) is 0.321. The number of methoxy groups -OCH3 is 1. The Labute approximate surface area is 240 Å². The summed E-state index contributed by atoms with van der Waals surface area (Å²) < 4.78 is 5.79. The van der Waals surface area contributed by atoms with E-state index >= 15 is 0 Å². The highest BCUT2D eigenvalue weighted by Gasteiger charge is 2.45. The number of carbonyl (C=O) groups excluding carboxylic acids is 2. The zero-order chi connectivity index (χ0) is 27.7. The van der Waals surface area contributed by atoms with Crippen molar-refractivity contribution in [3.05, 3.63) is 64.3 Å². The summed E-state index contributed by atoms with van der Waals surface area (Å²) in [6.45, 7) is 2.41. The molecule has 0 aliphatic carbocycles. The van der Waals surface area contributed by atoms with E-state index in [1.165, 1.54) is 5.57 Å². The molecule has 3 aromatic heterocycles. The van der Waals surface area contributed by atoms with Gasteiger partial charge in [0.25, 0.3) is 5.91 Å². The van der Waals surface area contributed by atoms with E-state index in [0.29, 0.717) is 49.1 Å². The lowest BCUT2D eigenvalue weighted by Gasteiger charge is -2.29. The maximum atomic E-state index is 13.5. The molecule has 6 rings (SSSR count). The van der Waals surface area contributed by atoms with Gasteiger partial charge in [0, 0.05) is 67.7 Å². The van der Waals surface area contributed by atoms with Crippen molar-refractivity contribution in [2.45, 2.75) is 18.4 Å². The number of anilines is 1. The topological polar surface area (TPSA) is 116 Å². The van der Waals surface area contributed by atoms with E-state index in [2.05, 4.69) is 31.6 Å². The lowest BCUT2D eigenvalue weighted by Crippen LogP contribution is -2.48. The number of H-pyrrole nitrogens is 1. The predicted molar refractivity (Wildman–Crippen MR) is 155 cm³/mol. The van der Waals surface area contributed by atoms with Crippen LogP contribution in [0.5, 0.6) is 0 Å². The number of aromatic nitrogens is 4. The van der Waals surface area contributed by atoms with Crippen molar-refractivity contribution in [3.8, 4) is 11.3 Å². The number of halogens is 1. The van der Waals surface area contributed by atoms with Crippen LogP contribution in [0.1, 0.15) is 17.8 Å². The van der Waals surface area contributed by atoms with Gasteiger partial charge in [-0.05, 0) is 48.7 Å². The van der Waals surface area contributed by atoms with Gasteiger partial charge in [-0.2, -0.15) is 5.10 Å². The second-order valence-electron chi connectivity index (χ2n) is 9.97. The van der Waals surface area contributed by atoms with Gasteiger partial charge in [-0.25, -0.2) is 9.97 Å². The zero-order valence-electron chi connectivity index (χ0n) is 21.9. The van der Waals surface area contributed by atoms with Crippen LogP contribution < -0.4 is 5.32 Å². The molecule has 2 N–H and O–H groups in total. The molecule has 4 aromatic rings. The number of amides is 2. The third kappa shape index (κ3) is 5.25. The standard InChI is InChI=1S/C28H28ClN7O3S/c1-39-28(7-12-35(17-28)16-24(37)36-10-5-18(6-11-36)26-31-9-13-40-26)27(38)32-20-2-3-22-21(15-20)25(34-33-22)19-4-8-30-23(29)14-19/h2-5,8-9,13-15H,6-7,10-12,16-17H2,1H3,(H,32,38)(H,33,34)/t28-/m0/s1. The number of aromatic amines is 1. The van der Waals surface area contributed by atoms with Crippen LogP contribution >= 0.6 is 22.9 Å². The van der Waals surface area contributed by atoms with Gasteiger partial charge in [-0.15, -0.1) is 11.3 Å². The third-order valence-electron chi connectivity index (χ3n) is 7.56. The summed E-state index contributed by atoms with van der Waals surface area (Å²) in [5.41, 5.74) is 3.14. The van der Waals surface area contributed by atoms with Gasteiger partial charge in [-0.3, -0.25) is 19.6 Å². The average molecular weight is 578 g/mol. The fourth-order valence-corrected chi connectivity index (χ4v) is 6.19. The predicted octanol–water partition coefficient (Wildman–Crippen LogP) is 4.08. The van der Waals surface area contributed by atoms with Crippen molar-refractivity contribution in [1.82, 2.24) is 30.0 Å². The van der Waals surface area contributed by atoms with Crippen molar-refractivity contribution in [3.63, 3.8) is 0 Å². The van der Waals surface area contributed by atoms with Gasteiger partial charge in [0.05, 0.1) is 12.1 Å². The fourth-order valence-electron chi connectivity index (χ4n) is 5.31. The Kier molecular flexibility index (Phi) is 7.37. The van der Waals surface area contributed by atoms with Crippen LogP contribution in [0, 0.1) is 0 Å². The van der Waals surface area contributed by atoms with Crippen molar-refractivity contribution in [2.75, 3.05) is 45.2 Å². The van der Waals surface area contributed by atoms with E-state index in [-0.39, 0.29) is 18.4 Å². The zero-order valence-corrected chi connectivity index (χ0v) is 23.5. The number of hydrogen-bond acceptors (Lipinski definition) is 8. The summed E-state index contributed by atoms with van der Waals surface area (Å²) in [6.07, 6.45) is 6.80. The molecule has 2 amide bonds. The Balaban J connectivity index is 1.11. The quantitative estimate of drug-likeness (QED) is 0.318. The van der Waals surface area contributed by atoms with Crippen molar-refractivity contribution >= 4 is 56.9 Å². The number of benzene rings is 1. The Bertz CT molecular complexity index is 1590. The summed E-state index contributed by atoms with van der Waals surface area (Å²) in [5, 5.41) is 14.7. The number of ether oxygens (including phenoxy) is 1. The highest BCUT2D eigenvalue weighted by atomic mass is 35.5. The second-order valence-corrected chi connectivity index (χ2v) is 11.3. The van der Waals surface area contributed by atoms with Crippen molar-refractivity contribution in [2.24, 2.45) is 0 Å². The highest BCUT2D eigenvalue weighted by Crippen LogP contribution is 2.31. The number of nitrogens with one attached hydrogen (secondary N) is 2. The van der Waals surface area contributed by atoms with Gasteiger partial charge < -0.3 is 15.0 Å². The lowest BCUT2D eigenvalue weighted by atomic mass is 10.0. The molecular weight excluding hydrogens is 550 g/mol. The number of likely N-dealkylation sites (tertiary alicyclic amines) is 1. The molecule has 40 heavy (non-hydrogen) atoms. The van der Waals surface area contributed by atoms with Gasteiger partial charge in [0.1, 0.15) is 15.9 Å². The second kappa shape index (κ2) is 11.1. The number of carbonyl (C=O) groups is 2. The number of fused-ring (bicyclic) bond motifs is 1. The lowest BCUT2D eigenvalue weighted by molar-refractivity contribution is -0.138. The molecule has 10 nitrogen and oxygen atoms in total. The molecule has 1 saturated heterocycles. The first-order valence-corrected chi connectivity index (χ1v) is 14.3. The molecule has 0 unspecified atom stereocenters. The molecule has 206 valence electrons. The van der Waals surface area contributed by atoms with Gasteiger partial charge in [0.2, 0.25) is 5.91 Å². The smallest absolute Gasteiger partial charge is 0.258 e. The van der Waals surface area contributed by atoms with Crippen LogP contribution in [-0.2, 0) is 14.3 Å². The van der Waals surface area contributed by atoms with E-state index in [1.54, 1.807) is 36.9 Å². The monoisotopic (exact) mass is 577 g/mol. The first kappa shape index (κ1) is 26.6. The molecule has 0 saturated carbocycles. The van der Waals surface area contributed by atoms with E-state index in [0.717, 1.165) is 27.9 Å². The summed E-state index contributed by atoms with van der Waals surface area (Å²) >= 11 is 7.69. The molecular formula is C28H28ClN7O3S. The van der Waals surface area contributed by atoms with Crippen LogP contribution in [0.2, 0.25) is 5.15 Å². The van der Waals surface area contributed by atoms with E-state index in [4.69, 9.17) is 16.3 Å². The molecule has 2 aliphatic heterocycles. The number of pyridine rings is 1. The maximum absolute atomic E-state index is 13.5. The Morgan fingerprint density at radius 2 is 2.10 bits per heavy atom. The van der Waals surface area contributed by atoms with Crippen molar-refractivity contribution < 1.29 is 14.3 Å². The van der Waals surface area contributed by atoms with Crippen LogP contribution in [0.4, 0.5) is 5.69 Å². The molecule has 0 bridgehead atoms. The molecule has 0 spiro atoms. The number of hydrogen-bond donors (Lipinski definition) is 2. The van der Waals surface area contributed by atoms with E-state index in [9.17, 15) is 9.59 Å². The summed E-state index contributed by atoms with van der Waals surface area (Å²) in [6, 6.07) is 9.16. The van der Waals surface area contributed by atoms with E-state index < -0.39 is 5.60 Å². The van der Waals surface area contributed by atoms with Crippen LogP contribution in [0.3, 0.4) is 0 Å². The minimum Gasteiger partial charge on any atom is -0.367 e. The molecule has 0 radical (unpaired) electrons.